The number of nitrogens with one attached hydrogen (secondary N) is 1. The highest BCUT2D eigenvalue weighted by Gasteiger charge is 2.23. The molecule has 1 unspecified atom stereocenters. The normalized spacial score (nSPS) is 12.9. The Balaban J connectivity index is 3.25. The van der Waals surface area contributed by atoms with Gasteiger partial charge in [-0.05, 0) is 26.0 Å². The third-order valence-corrected chi connectivity index (χ3v) is 4.73. The quantitative estimate of drug-likeness (QED) is 0.762. The Hall–Kier alpha value is -1.60. The molecule has 118 valence electrons. The van der Waals surface area contributed by atoms with E-state index in [-0.39, 0.29) is 17.4 Å². The van der Waals surface area contributed by atoms with Gasteiger partial charge in [-0.2, -0.15) is 0 Å². The van der Waals surface area contributed by atoms with E-state index in [1.807, 2.05) is 6.92 Å². The Kier molecular flexibility index (Phi) is 6.17. The molecule has 0 heterocycles. The summed E-state index contributed by atoms with van der Waals surface area (Å²) in [4.78, 5) is 12.9. The Morgan fingerprint density at radius 1 is 1.33 bits per heavy atom. The van der Waals surface area contributed by atoms with Crippen LogP contribution >= 0.6 is 0 Å². The van der Waals surface area contributed by atoms with Crippen molar-refractivity contribution in [3.05, 3.63) is 24.3 Å². The molecule has 1 atom stereocenters. The zero-order valence-electron chi connectivity index (χ0n) is 12.5. The molecule has 0 bridgehead atoms. The van der Waals surface area contributed by atoms with Crippen LogP contribution in [0.5, 0.6) is 0 Å². The zero-order chi connectivity index (χ0) is 16.0. The summed E-state index contributed by atoms with van der Waals surface area (Å²) in [6.07, 6.45) is -0.0522. The molecule has 21 heavy (non-hydrogen) atoms. The second kappa shape index (κ2) is 7.42. The summed E-state index contributed by atoms with van der Waals surface area (Å²) in [5.41, 5.74) is 0.523. The van der Waals surface area contributed by atoms with E-state index in [1.54, 1.807) is 36.9 Å². The van der Waals surface area contributed by atoms with Crippen LogP contribution in [0, 0.1) is 0 Å². The number of nitrogens with zero attached hydrogens (tertiary/aromatic N) is 1. The highest BCUT2D eigenvalue weighted by atomic mass is 32.2. The van der Waals surface area contributed by atoms with Crippen molar-refractivity contribution in [3.63, 3.8) is 0 Å². The summed E-state index contributed by atoms with van der Waals surface area (Å²) in [6.45, 7) is 6.18. The number of hydrogen-bond acceptors (Lipinski definition) is 4. The summed E-state index contributed by atoms with van der Waals surface area (Å²) in [7, 11) is -3.60. The first-order valence-corrected chi connectivity index (χ1v) is 8.38. The average Bonchev–Trinajstić information content (AvgIpc) is 2.39. The van der Waals surface area contributed by atoms with Gasteiger partial charge in [0.05, 0.1) is 12.1 Å². The number of aliphatic carboxylic acids is 1. The number of para-hydroxylation sites is 1. The van der Waals surface area contributed by atoms with Crippen LogP contribution in [-0.2, 0) is 14.8 Å². The first-order valence-electron chi connectivity index (χ1n) is 6.90. The average molecular weight is 314 g/mol. The highest BCUT2D eigenvalue weighted by molar-refractivity contribution is 7.89. The van der Waals surface area contributed by atoms with Gasteiger partial charge >= 0.3 is 5.97 Å². The van der Waals surface area contributed by atoms with Gasteiger partial charge in [0.25, 0.3) is 0 Å². The summed E-state index contributed by atoms with van der Waals surface area (Å²) in [5, 5.41) is 8.93. The topological polar surface area (TPSA) is 86.7 Å². The third-order valence-electron chi connectivity index (χ3n) is 3.14. The van der Waals surface area contributed by atoms with Crippen LogP contribution in [0.15, 0.2) is 29.2 Å². The maximum absolute atomic E-state index is 12.3. The van der Waals surface area contributed by atoms with Gasteiger partial charge in [-0.3, -0.25) is 4.79 Å². The Bertz CT molecular complexity index is 586. The monoisotopic (exact) mass is 314 g/mol. The molecule has 1 aromatic carbocycles. The van der Waals surface area contributed by atoms with Gasteiger partial charge in [-0.25, -0.2) is 13.1 Å². The third kappa shape index (κ3) is 4.44. The fourth-order valence-corrected chi connectivity index (χ4v) is 3.53. The first kappa shape index (κ1) is 17.5. The van der Waals surface area contributed by atoms with Crippen molar-refractivity contribution in [2.75, 3.05) is 18.0 Å². The van der Waals surface area contributed by atoms with Crippen LogP contribution in [0.2, 0.25) is 0 Å². The van der Waals surface area contributed by atoms with Gasteiger partial charge in [-0.15, -0.1) is 0 Å². The number of benzene rings is 1. The van der Waals surface area contributed by atoms with Crippen LogP contribution in [0.25, 0.3) is 0 Å². The van der Waals surface area contributed by atoms with E-state index in [1.165, 1.54) is 6.07 Å². The van der Waals surface area contributed by atoms with E-state index in [2.05, 4.69) is 4.72 Å². The van der Waals surface area contributed by atoms with Crippen molar-refractivity contribution in [3.8, 4) is 0 Å². The molecule has 0 radical (unpaired) electrons. The molecule has 0 amide bonds. The number of sulfonamides is 1. The van der Waals surface area contributed by atoms with E-state index in [0.717, 1.165) is 0 Å². The lowest BCUT2D eigenvalue weighted by atomic mass is 10.1. The minimum Gasteiger partial charge on any atom is -0.481 e. The van der Waals surface area contributed by atoms with Crippen LogP contribution in [-0.4, -0.2) is 38.6 Å². The van der Waals surface area contributed by atoms with Crippen LogP contribution in [0.4, 0.5) is 5.69 Å². The van der Waals surface area contributed by atoms with Gasteiger partial charge < -0.3 is 10.0 Å². The molecule has 7 heteroatoms. The number of carboxylic acid groups (broad SMARTS) is 1. The van der Waals surface area contributed by atoms with Crippen molar-refractivity contribution in [2.24, 2.45) is 0 Å². The molecular formula is C14H22N2O4S. The van der Waals surface area contributed by atoms with Gasteiger partial charge in [0.1, 0.15) is 4.90 Å². The van der Waals surface area contributed by atoms with E-state index in [4.69, 9.17) is 5.11 Å². The molecule has 0 aliphatic carbocycles. The number of anilines is 1. The van der Waals surface area contributed by atoms with E-state index in [9.17, 15) is 13.2 Å². The molecule has 0 saturated heterocycles. The van der Waals surface area contributed by atoms with Crippen molar-refractivity contribution < 1.29 is 18.3 Å². The molecule has 0 spiro atoms. The van der Waals surface area contributed by atoms with Crippen LogP contribution in [0.3, 0.4) is 0 Å². The lowest BCUT2D eigenvalue weighted by Crippen LogP contribution is -2.36. The second-order valence-corrected chi connectivity index (χ2v) is 6.44. The molecule has 6 nitrogen and oxygen atoms in total. The maximum Gasteiger partial charge on any atom is 0.305 e. The molecule has 0 saturated carbocycles. The predicted octanol–water partition coefficient (Wildman–Crippen LogP) is 1.67. The first-order chi connectivity index (χ1) is 9.83. The van der Waals surface area contributed by atoms with Gasteiger partial charge in [0.2, 0.25) is 10.0 Å². The molecule has 1 rings (SSSR count). The van der Waals surface area contributed by atoms with Crippen molar-refractivity contribution in [1.29, 1.82) is 0 Å². The predicted molar refractivity (Wildman–Crippen MR) is 82.0 cm³/mol. The summed E-state index contributed by atoms with van der Waals surface area (Å²) in [6, 6.07) is 6.33. The lowest BCUT2D eigenvalue weighted by molar-refractivity contribution is -0.137. The Morgan fingerprint density at radius 2 is 1.95 bits per heavy atom. The highest BCUT2D eigenvalue weighted by Crippen LogP contribution is 2.27. The lowest BCUT2D eigenvalue weighted by Gasteiger charge is -2.30. The minimum absolute atomic E-state index is 0.0522. The number of hydrogen-bond donors (Lipinski definition) is 2. The van der Waals surface area contributed by atoms with E-state index < -0.39 is 16.0 Å². The molecule has 1 aromatic rings. The molecule has 0 aromatic heterocycles. The summed E-state index contributed by atoms with van der Waals surface area (Å²) < 4.78 is 27.0. The van der Waals surface area contributed by atoms with E-state index >= 15 is 0 Å². The molecule has 0 aliphatic heterocycles. The zero-order valence-corrected chi connectivity index (χ0v) is 13.4. The number of carbonyl (C=O) groups is 1. The molecule has 0 fully saturated rings. The van der Waals surface area contributed by atoms with Crippen molar-refractivity contribution in [2.45, 2.75) is 38.1 Å². The standard InChI is InChI=1S/C14H22N2O4S/c1-4-15-21(19,20)13-9-7-6-8-12(13)16(5-2)11(3)10-14(17)18/h6-9,11,15H,4-5,10H2,1-3H3,(H,17,18). The molecule has 2 N–H and O–H groups in total. The summed E-state index contributed by atoms with van der Waals surface area (Å²) in [5.74, 6) is -0.909. The molecular weight excluding hydrogens is 292 g/mol. The summed E-state index contributed by atoms with van der Waals surface area (Å²) >= 11 is 0. The molecule has 0 aliphatic rings. The smallest absolute Gasteiger partial charge is 0.305 e. The fourth-order valence-electron chi connectivity index (χ4n) is 2.27. The van der Waals surface area contributed by atoms with E-state index in [0.29, 0.717) is 18.8 Å². The minimum atomic E-state index is -3.60. The fraction of sp³-hybridized carbons (Fsp3) is 0.500. The number of rotatable bonds is 8. The SMILES string of the molecule is CCNS(=O)(=O)c1ccccc1N(CC)C(C)CC(=O)O. The maximum atomic E-state index is 12.3. The Morgan fingerprint density at radius 3 is 2.48 bits per heavy atom. The largest absolute Gasteiger partial charge is 0.481 e. The van der Waals surface area contributed by atoms with Crippen molar-refractivity contribution >= 4 is 21.7 Å². The van der Waals surface area contributed by atoms with Crippen molar-refractivity contribution in [1.82, 2.24) is 4.72 Å². The number of carboxylic acids is 1. The Labute approximate surface area is 125 Å². The second-order valence-electron chi connectivity index (χ2n) is 4.70. The van der Waals surface area contributed by atoms with Crippen LogP contribution < -0.4 is 9.62 Å². The van der Waals surface area contributed by atoms with Crippen LogP contribution in [0.1, 0.15) is 27.2 Å². The van der Waals surface area contributed by atoms with Gasteiger partial charge in [0.15, 0.2) is 0 Å². The van der Waals surface area contributed by atoms with Gasteiger partial charge in [-0.1, -0.05) is 19.1 Å². The van der Waals surface area contributed by atoms with Gasteiger partial charge in [0, 0.05) is 19.1 Å².